The lowest BCUT2D eigenvalue weighted by molar-refractivity contribution is -0.117. The van der Waals surface area contributed by atoms with Crippen molar-refractivity contribution in [2.45, 2.75) is 6.42 Å². The molecule has 2 N–H and O–H groups in total. The summed E-state index contributed by atoms with van der Waals surface area (Å²) in [4.78, 5) is 20.7. The molecule has 0 aliphatic carbocycles. The smallest absolute Gasteiger partial charge is 0.228 e. The van der Waals surface area contributed by atoms with E-state index in [0.29, 0.717) is 0 Å². The van der Waals surface area contributed by atoms with E-state index in [1.54, 1.807) is 0 Å². The van der Waals surface area contributed by atoms with Crippen molar-refractivity contribution in [3.8, 4) is 0 Å². The van der Waals surface area contributed by atoms with Gasteiger partial charge in [-0.3, -0.25) is 9.69 Å². The summed E-state index contributed by atoms with van der Waals surface area (Å²) in [5.41, 5.74) is 0. The molecule has 0 radical (unpaired) electrons. The lowest BCUT2D eigenvalue weighted by atomic mass is 10.1. The Labute approximate surface area is 119 Å². The van der Waals surface area contributed by atoms with Gasteiger partial charge in [-0.05, 0) is 11.6 Å². The average molecular weight is 325 g/mol. The summed E-state index contributed by atoms with van der Waals surface area (Å²) in [6.07, 6.45) is 0.0929. The number of halogens is 2. The zero-order chi connectivity index (χ0) is 14.2. The number of primary sulfonamides is 1. The number of anilines is 1. The number of carbonyl (C=O) groups excluding carboxylic acids is 1. The average Bonchev–Trinajstić information content (AvgIpc) is 2.54. The molecule has 1 aromatic rings. The second-order valence-corrected chi connectivity index (χ2v) is 6.61. The molecule has 19 heavy (non-hydrogen) atoms. The highest BCUT2D eigenvalue weighted by atomic mass is 35.5. The van der Waals surface area contributed by atoms with Crippen LogP contribution in [0.15, 0.2) is 6.07 Å². The van der Waals surface area contributed by atoms with Crippen LogP contribution >= 0.6 is 23.2 Å². The predicted octanol–water partition coefficient (Wildman–Crippen LogP) is 0.425. The van der Waals surface area contributed by atoms with Crippen LogP contribution in [0.5, 0.6) is 0 Å². The largest absolute Gasteiger partial charge is 0.296 e. The van der Waals surface area contributed by atoms with E-state index in [2.05, 4.69) is 9.97 Å². The number of sulfonamides is 1. The van der Waals surface area contributed by atoms with Gasteiger partial charge in [-0.1, -0.05) is 11.6 Å². The Morgan fingerprint density at radius 2 is 2.11 bits per heavy atom. The molecule has 0 bridgehead atoms. The van der Waals surface area contributed by atoms with Crippen LogP contribution in [0.25, 0.3) is 0 Å². The molecule has 10 heteroatoms. The summed E-state index contributed by atoms with van der Waals surface area (Å²) in [5.74, 6) is -0.608. The van der Waals surface area contributed by atoms with Gasteiger partial charge in [0.05, 0.1) is 5.75 Å². The molecule has 1 saturated heterocycles. The fourth-order valence-corrected chi connectivity index (χ4v) is 3.24. The maximum atomic E-state index is 11.8. The first kappa shape index (κ1) is 14.4. The molecule has 2 heterocycles. The molecule has 1 atom stereocenters. The highest BCUT2D eigenvalue weighted by Crippen LogP contribution is 2.26. The third-order valence-electron chi connectivity index (χ3n) is 2.60. The highest BCUT2D eigenvalue weighted by molar-refractivity contribution is 7.89. The van der Waals surface area contributed by atoms with Crippen LogP contribution in [-0.2, 0) is 14.8 Å². The summed E-state index contributed by atoms with van der Waals surface area (Å²) >= 11 is 11.4. The van der Waals surface area contributed by atoms with Gasteiger partial charge in [0, 0.05) is 24.9 Å². The first-order valence-corrected chi connectivity index (χ1v) is 7.72. The lowest BCUT2D eigenvalue weighted by Gasteiger charge is -2.15. The van der Waals surface area contributed by atoms with E-state index >= 15 is 0 Å². The van der Waals surface area contributed by atoms with Gasteiger partial charge in [0.25, 0.3) is 0 Å². The second kappa shape index (κ2) is 5.20. The number of hydrogen-bond donors (Lipinski definition) is 1. The number of nitrogens with two attached hydrogens (primary N) is 1. The van der Waals surface area contributed by atoms with E-state index in [4.69, 9.17) is 28.3 Å². The molecule has 0 spiro atoms. The molecule has 2 rings (SSSR count). The minimum atomic E-state index is -3.62. The molecule has 1 unspecified atom stereocenters. The van der Waals surface area contributed by atoms with Crippen LogP contribution in [0.1, 0.15) is 6.42 Å². The quantitative estimate of drug-likeness (QED) is 0.640. The van der Waals surface area contributed by atoms with Crippen LogP contribution in [0.2, 0.25) is 10.4 Å². The molecule has 0 saturated carbocycles. The maximum Gasteiger partial charge on any atom is 0.228 e. The van der Waals surface area contributed by atoms with E-state index in [1.165, 1.54) is 11.0 Å². The summed E-state index contributed by atoms with van der Waals surface area (Å²) in [7, 11) is -3.62. The molecule has 104 valence electrons. The lowest BCUT2D eigenvalue weighted by Crippen LogP contribution is -2.28. The molecule has 7 nitrogen and oxygen atoms in total. The summed E-state index contributed by atoms with van der Waals surface area (Å²) in [6, 6.07) is 1.39. The molecule has 1 aliphatic rings. The summed E-state index contributed by atoms with van der Waals surface area (Å²) in [6.45, 7) is 0.207. The van der Waals surface area contributed by atoms with Gasteiger partial charge in [-0.15, -0.1) is 0 Å². The third-order valence-corrected chi connectivity index (χ3v) is 3.90. The number of hydrogen-bond acceptors (Lipinski definition) is 5. The van der Waals surface area contributed by atoms with Crippen LogP contribution in [0.3, 0.4) is 0 Å². The molecule has 0 aromatic carbocycles. The van der Waals surface area contributed by atoms with Gasteiger partial charge >= 0.3 is 0 Å². The summed E-state index contributed by atoms with van der Waals surface area (Å²) < 4.78 is 22.1. The Morgan fingerprint density at radius 1 is 1.42 bits per heavy atom. The van der Waals surface area contributed by atoms with E-state index in [-0.39, 0.29) is 46.8 Å². The van der Waals surface area contributed by atoms with Crippen LogP contribution in [0, 0.1) is 5.92 Å². The van der Waals surface area contributed by atoms with Crippen LogP contribution in [0.4, 0.5) is 5.82 Å². The van der Waals surface area contributed by atoms with Gasteiger partial charge in [-0.25, -0.2) is 23.5 Å². The first-order chi connectivity index (χ1) is 8.74. The Morgan fingerprint density at radius 3 is 2.68 bits per heavy atom. The third kappa shape index (κ3) is 3.75. The molecule has 1 aliphatic heterocycles. The highest BCUT2D eigenvalue weighted by Gasteiger charge is 2.33. The number of amides is 1. The molecule has 1 amide bonds. The van der Waals surface area contributed by atoms with Crippen molar-refractivity contribution in [1.82, 2.24) is 9.97 Å². The van der Waals surface area contributed by atoms with Crippen molar-refractivity contribution in [2.75, 3.05) is 17.2 Å². The zero-order valence-electron chi connectivity index (χ0n) is 9.58. The summed E-state index contributed by atoms with van der Waals surface area (Å²) in [5, 5.41) is 5.00. The minimum Gasteiger partial charge on any atom is -0.296 e. The van der Waals surface area contributed by atoms with Gasteiger partial charge in [0.1, 0.15) is 11.0 Å². The van der Waals surface area contributed by atoms with Crippen molar-refractivity contribution in [3.63, 3.8) is 0 Å². The SMILES string of the molecule is NS(=O)(=O)CC1CC(=O)N(c2cc(Cl)nc(Cl)n2)C1. The van der Waals surface area contributed by atoms with E-state index in [9.17, 15) is 13.2 Å². The van der Waals surface area contributed by atoms with Crippen molar-refractivity contribution >= 4 is 45.0 Å². The molecule has 1 aromatic heterocycles. The van der Waals surface area contributed by atoms with Gasteiger partial charge in [-0.2, -0.15) is 0 Å². The van der Waals surface area contributed by atoms with Crippen molar-refractivity contribution in [1.29, 1.82) is 0 Å². The molecule has 1 fully saturated rings. The van der Waals surface area contributed by atoms with Gasteiger partial charge in [0.15, 0.2) is 0 Å². The Kier molecular flexibility index (Phi) is 3.95. The molecular formula is C9H10Cl2N4O3S. The standard InChI is InChI=1S/C9H10Cl2N4O3S/c10-6-2-7(14-9(11)13-6)15-3-5(1-8(15)16)4-19(12,17)18/h2,5H,1,3-4H2,(H2,12,17,18). The predicted molar refractivity (Wildman–Crippen MR) is 70.5 cm³/mol. The van der Waals surface area contributed by atoms with Crippen LogP contribution in [-0.4, -0.2) is 36.6 Å². The first-order valence-electron chi connectivity index (χ1n) is 5.25. The minimum absolute atomic E-state index is 0.0785. The van der Waals surface area contributed by atoms with E-state index in [1.807, 2.05) is 0 Å². The van der Waals surface area contributed by atoms with E-state index in [0.717, 1.165) is 0 Å². The number of rotatable bonds is 3. The van der Waals surface area contributed by atoms with Gasteiger partial charge in [0.2, 0.25) is 21.2 Å². The maximum absolute atomic E-state index is 11.8. The van der Waals surface area contributed by atoms with Crippen molar-refractivity contribution in [3.05, 3.63) is 16.5 Å². The van der Waals surface area contributed by atoms with E-state index < -0.39 is 10.0 Å². The fraction of sp³-hybridized carbons (Fsp3) is 0.444. The Hall–Kier alpha value is -0.960. The zero-order valence-corrected chi connectivity index (χ0v) is 11.9. The number of nitrogens with zero attached hydrogens (tertiary/aromatic N) is 3. The van der Waals surface area contributed by atoms with Crippen molar-refractivity contribution in [2.24, 2.45) is 11.1 Å². The fourth-order valence-electron chi connectivity index (χ4n) is 1.96. The second-order valence-electron chi connectivity index (χ2n) is 4.22. The monoisotopic (exact) mass is 324 g/mol. The number of aromatic nitrogens is 2. The Balaban J connectivity index is 2.20. The van der Waals surface area contributed by atoms with Crippen LogP contribution < -0.4 is 10.0 Å². The normalized spacial score (nSPS) is 20.1. The van der Waals surface area contributed by atoms with Crippen molar-refractivity contribution < 1.29 is 13.2 Å². The van der Waals surface area contributed by atoms with Gasteiger partial charge < -0.3 is 0 Å². The Bertz CT molecular complexity index is 602. The topological polar surface area (TPSA) is 106 Å². The number of carbonyl (C=O) groups is 1. The molecular weight excluding hydrogens is 315 g/mol.